The first-order chi connectivity index (χ1) is 12.0. The minimum atomic E-state index is -0.622. The van der Waals surface area contributed by atoms with Gasteiger partial charge in [-0.1, -0.05) is 31.8 Å². The van der Waals surface area contributed by atoms with Gasteiger partial charge in [0.25, 0.3) is 0 Å². The van der Waals surface area contributed by atoms with Gasteiger partial charge in [-0.3, -0.25) is 14.6 Å². The third-order valence-electron chi connectivity index (χ3n) is 6.50. The molecule has 1 aromatic rings. The van der Waals surface area contributed by atoms with Crippen LogP contribution in [0.3, 0.4) is 0 Å². The van der Waals surface area contributed by atoms with Gasteiger partial charge in [0.1, 0.15) is 5.76 Å². The van der Waals surface area contributed by atoms with Crippen molar-refractivity contribution in [3.8, 4) is 0 Å². The third kappa shape index (κ3) is 2.99. The molecule has 138 valence electrons. The summed E-state index contributed by atoms with van der Waals surface area (Å²) in [5.41, 5.74) is 0.310. The molecule has 6 heteroatoms. The van der Waals surface area contributed by atoms with Gasteiger partial charge < -0.3 is 9.63 Å². The molecule has 25 heavy (non-hydrogen) atoms. The van der Waals surface area contributed by atoms with Crippen molar-refractivity contribution < 1.29 is 14.4 Å². The lowest BCUT2D eigenvalue weighted by Gasteiger charge is -2.28. The van der Waals surface area contributed by atoms with Gasteiger partial charge in [-0.2, -0.15) is 0 Å². The minimum absolute atomic E-state index is 0.224. The lowest BCUT2D eigenvalue weighted by atomic mass is 9.81. The normalized spacial score (nSPS) is 31.2. The Morgan fingerprint density at radius 3 is 2.72 bits per heavy atom. The maximum atomic E-state index is 12.2. The highest BCUT2D eigenvalue weighted by Crippen LogP contribution is 2.45. The van der Waals surface area contributed by atoms with E-state index in [4.69, 9.17) is 4.52 Å². The SMILES string of the molecule is CC(C)c1cc(CN2C[C@@H]3CN(C4CCCC4)C[C@]3(C(=O)O)C2)no1. The summed E-state index contributed by atoms with van der Waals surface area (Å²) in [6, 6.07) is 2.62. The number of carbonyl (C=O) groups is 1. The van der Waals surface area contributed by atoms with Crippen LogP contribution in [0.25, 0.3) is 0 Å². The molecule has 3 aliphatic rings. The number of aromatic nitrogens is 1. The van der Waals surface area contributed by atoms with Crippen LogP contribution in [0.15, 0.2) is 10.6 Å². The molecule has 4 rings (SSSR count). The van der Waals surface area contributed by atoms with Crippen molar-refractivity contribution in [1.29, 1.82) is 0 Å². The van der Waals surface area contributed by atoms with Crippen LogP contribution in [0.1, 0.15) is 56.9 Å². The molecule has 2 aliphatic heterocycles. The lowest BCUT2D eigenvalue weighted by Crippen LogP contribution is -2.42. The van der Waals surface area contributed by atoms with Gasteiger partial charge in [0.15, 0.2) is 0 Å². The molecule has 2 saturated heterocycles. The van der Waals surface area contributed by atoms with Gasteiger partial charge in [0, 0.05) is 56.7 Å². The van der Waals surface area contributed by atoms with Crippen LogP contribution in [0.4, 0.5) is 0 Å². The minimum Gasteiger partial charge on any atom is -0.481 e. The van der Waals surface area contributed by atoms with E-state index in [0.29, 0.717) is 31.6 Å². The summed E-state index contributed by atoms with van der Waals surface area (Å²) in [6.07, 6.45) is 5.07. The second-order valence-electron chi connectivity index (χ2n) is 8.57. The fraction of sp³-hybridized carbons (Fsp3) is 0.789. The molecular weight excluding hydrogens is 318 g/mol. The van der Waals surface area contributed by atoms with Gasteiger partial charge >= 0.3 is 5.97 Å². The Kier molecular flexibility index (Phi) is 4.36. The zero-order valence-electron chi connectivity index (χ0n) is 15.3. The molecule has 6 nitrogen and oxygen atoms in total. The Balaban J connectivity index is 1.44. The van der Waals surface area contributed by atoms with Crippen LogP contribution in [0.2, 0.25) is 0 Å². The molecule has 0 amide bonds. The highest BCUT2D eigenvalue weighted by Gasteiger charge is 2.58. The molecule has 0 aromatic carbocycles. The quantitative estimate of drug-likeness (QED) is 0.883. The van der Waals surface area contributed by atoms with Crippen LogP contribution in [-0.4, -0.2) is 58.3 Å². The Morgan fingerprint density at radius 2 is 2.12 bits per heavy atom. The molecule has 0 radical (unpaired) electrons. The zero-order chi connectivity index (χ0) is 17.6. The maximum Gasteiger partial charge on any atom is 0.312 e. The van der Waals surface area contributed by atoms with E-state index in [1.54, 1.807) is 0 Å². The van der Waals surface area contributed by atoms with Crippen molar-refractivity contribution in [2.24, 2.45) is 11.3 Å². The average molecular weight is 347 g/mol. The smallest absolute Gasteiger partial charge is 0.312 e. The van der Waals surface area contributed by atoms with E-state index in [1.807, 2.05) is 6.07 Å². The van der Waals surface area contributed by atoms with E-state index in [-0.39, 0.29) is 5.92 Å². The Bertz CT molecular complexity index is 638. The summed E-state index contributed by atoms with van der Waals surface area (Å²) in [7, 11) is 0. The third-order valence-corrected chi connectivity index (χ3v) is 6.50. The van der Waals surface area contributed by atoms with E-state index >= 15 is 0 Å². The second kappa shape index (κ2) is 6.40. The van der Waals surface area contributed by atoms with Crippen molar-refractivity contribution in [2.75, 3.05) is 26.2 Å². The Hall–Kier alpha value is -1.40. The Labute approximate surface area is 149 Å². The van der Waals surface area contributed by atoms with E-state index in [1.165, 1.54) is 25.7 Å². The first kappa shape index (κ1) is 17.0. The molecule has 2 atom stereocenters. The highest BCUT2D eigenvalue weighted by atomic mass is 16.5. The van der Waals surface area contributed by atoms with Crippen molar-refractivity contribution in [1.82, 2.24) is 15.0 Å². The van der Waals surface area contributed by atoms with Gasteiger partial charge in [0.2, 0.25) is 0 Å². The first-order valence-electron chi connectivity index (χ1n) is 9.63. The summed E-state index contributed by atoms with van der Waals surface area (Å²) in [4.78, 5) is 16.9. The maximum absolute atomic E-state index is 12.2. The van der Waals surface area contributed by atoms with Gasteiger partial charge in [0.05, 0.1) is 11.1 Å². The molecule has 1 N–H and O–H groups in total. The number of likely N-dealkylation sites (tertiary alicyclic amines) is 2. The second-order valence-corrected chi connectivity index (χ2v) is 8.57. The molecule has 3 fully saturated rings. The number of nitrogens with zero attached hydrogens (tertiary/aromatic N) is 3. The van der Waals surface area contributed by atoms with E-state index in [9.17, 15) is 9.90 Å². The largest absolute Gasteiger partial charge is 0.481 e. The van der Waals surface area contributed by atoms with Crippen LogP contribution in [0, 0.1) is 11.3 Å². The predicted octanol–water partition coefficient (Wildman–Crippen LogP) is 2.56. The summed E-state index contributed by atoms with van der Waals surface area (Å²) >= 11 is 0. The monoisotopic (exact) mass is 347 g/mol. The number of aliphatic carboxylic acids is 1. The number of hydrogen-bond donors (Lipinski definition) is 1. The number of rotatable bonds is 5. The molecule has 3 heterocycles. The summed E-state index contributed by atoms with van der Waals surface area (Å²) in [5.74, 6) is 0.824. The molecule has 0 spiro atoms. The van der Waals surface area contributed by atoms with Crippen molar-refractivity contribution in [3.05, 3.63) is 17.5 Å². The van der Waals surface area contributed by atoms with Gasteiger partial charge in [-0.05, 0) is 12.8 Å². The van der Waals surface area contributed by atoms with Crippen molar-refractivity contribution in [3.63, 3.8) is 0 Å². The molecular formula is C19H29N3O3. The van der Waals surface area contributed by atoms with Crippen LogP contribution in [0.5, 0.6) is 0 Å². The van der Waals surface area contributed by atoms with Crippen LogP contribution < -0.4 is 0 Å². The topological polar surface area (TPSA) is 69.8 Å². The first-order valence-corrected chi connectivity index (χ1v) is 9.63. The predicted molar refractivity (Wildman–Crippen MR) is 93.3 cm³/mol. The number of carboxylic acid groups (broad SMARTS) is 1. The average Bonchev–Trinajstić information content (AvgIpc) is 3.30. The van der Waals surface area contributed by atoms with Crippen molar-refractivity contribution in [2.45, 2.75) is 58.0 Å². The van der Waals surface area contributed by atoms with Crippen LogP contribution >= 0.6 is 0 Å². The molecule has 0 unspecified atom stereocenters. The van der Waals surface area contributed by atoms with Crippen LogP contribution in [-0.2, 0) is 11.3 Å². The fourth-order valence-corrected chi connectivity index (χ4v) is 5.08. The van der Waals surface area contributed by atoms with E-state index < -0.39 is 11.4 Å². The summed E-state index contributed by atoms with van der Waals surface area (Å²) in [5, 5.41) is 14.2. The number of hydrogen-bond acceptors (Lipinski definition) is 5. The lowest BCUT2D eigenvalue weighted by molar-refractivity contribution is -0.149. The number of fused-ring (bicyclic) bond motifs is 1. The number of carboxylic acids is 1. The molecule has 1 aliphatic carbocycles. The van der Waals surface area contributed by atoms with E-state index in [2.05, 4.69) is 28.8 Å². The fourth-order valence-electron chi connectivity index (χ4n) is 5.08. The zero-order valence-corrected chi connectivity index (χ0v) is 15.3. The molecule has 0 bridgehead atoms. The van der Waals surface area contributed by atoms with Gasteiger partial charge in [-0.15, -0.1) is 0 Å². The highest BCUT2D eigenvalue weighted by molar-refractivity contribution is 5.77. The van der Waals surface area contributed by atoms with E-state index in [0.717, 1.165) is 24.5 Å². The van der Waals surface area contributed by atoms with Gasteiger partial charge in [-0.25, -0.2) is 0 Å². The Morgan fingerprint density at radius 1 is 1.36 bits per heavy atom. The van der Waals surface area contributed by atoms with Crippen molar-refractivity contribution >= 4 is 5.97 Å². The summed E-state index contributed by atoms with van der Waals surface area (Å²) in [6.45, 7) is 7.97. The standard InChI is InChI=1S/C19H29N3O3/c1-13(2)17-7-15(20-25-17)10-21-8-14-9-22(16-5-3-4-6-16)12-19(14,11-21)18(23)24/h7,13-14,16H,3-6,8-12H2,1-2H3,(H,23,24)/t14-,19-/m1/s1. The molecule has 1 saturated carbocycles. The summed E-state index contributed by atoms with van der Waals surface area (Å²) < 4.78 is 5.39. The molecule has 1 aromatic heterocycles.